The fourth-order valence-electron chi connectivity index (χ4n) is 2.02. The molecule has 8 heteroatoms. The Morgan fingerprint density at radius 3 is 1.64 bits per heavy atom. The Bertz CT molecular complexity index is 805. The molecule has 0 aliphatic carbocycles. The summed E-state index contributed by atoms with van der Waals surface area (Å²) >= 11 is 0. The van der Waals surface area contributed by atoms with E-state index in [-0.39, 0.29) is 16.7 Å². The number of esters is 2. The molecule has 0 saturated heterocycles. The second-order valence-electron chi connectivity index (χ2n) is 7.97. The van der Waals surface area contributed by atoms with Gasteiger partial charge in [-0.25, -0.2) is 19.2 Å². The standard InChI is InChI=1S/C20H24O8/c1-19(2,3)27-17(25)14(18(26)28-20(4,5)6)9-11-7-8-12(15(21)22)10-13(11)16(23)24/h7-10H,1-6H3,(H,21,22)(H,23,24). The van der Waals surface area contributed by atoms with Crippen LogP contribution in [0.15, 0.2) is 23.8 Å². The molecule has 0 radical (unpaired) electrons. The lowest BCUT2D eigenvalue weighted by atomic mass is 10.0. The number of carboxylic acids is 2. The minimum absolute atomic E-state index is 0.0378. The summed E-state index contributed by atoms with van der Waals surface area (Å²) in [5.41, 5.74) is -2.98. The van der Waals surface area contributed by atoms with Crippen LogP contribution in [0.5, 0.6) is 0 Å². The van der Waals surface area contributed by atoms with E-state index in [1.54, 1.807) is 41.5 Å². The monoisotopic (exact) mass is 392 g/mol. The van der Waals surface area contributed by atoms with E-state index in [0.29, 0.717) is 0 Å². The molecule has 0 atom stereocenters. The molecule has 8 nitrogen and oxygen atoms in total. The Labute approximate surface area is 162 Å². The predicted molar refractivity (Wildman–Crippen MR) is 100 cm³/mol. The molecular weight excluding hydrogens is 368 g/mol. The zero-order valence-electron chi connectivity index (χ0n) is 16.7. The van der Waals surface area contributed by atoms with Crippen LogP contribution >= 0.6 is 0 Å². The second-order valence-corrected chi connectivity index (χ2v) is 7.97. The van der Waals surface area contributed by atoms with E-state index in [9.17, 15) is 24.3 Å². The molecule has 0 spiro atoms. The number of carboxylic acid groups (broad SMARTS) is 2. The number of rotatable bonds is 5. The smallest absolute Gasteiger partial charge is 0.346 e. The molecule has 28 heavy (non-hydrogen) atoms. The van der Waals surface area contributed by atoms with Crippen LogP contribution in [0.3, 0.4) is 0 Å². The summed E-state index contributed by atoms with van der Waals surface area (Å²) in [4.78, 5) is 47.6. The molecule has 2 N–H and O–H groups in total. The first-order chi connectivity index (χ1) is 12.6. The molecule has 152 valence electrons. The number of hydrogen-bond acceptors (Lipinski definition) is 6. The Morgan fingerprint density at radius 1 is 0.821 bits per heavy atom. The second kappa shape index (κ2) is 8.24. The van der Waals surface area contributed by atoms with E-state index in [1.807, 2.05) is 0 Å². The minimum Gasteiger partial charge on any atom is -0.478 e. The van der Waals surface area contributed by atoms with Crippen molar-refractivity contribution in [2.24, 2.45) is 0 Å². The number of ether oxygens (including phenoxy) is 2. The highest BCUT2D eigenvalue weighted by atomic mass is 16.6. The Morgan fingerprint density at radius 2 is 1.29 bits per heavy atom. The average molecular weight is 392 g/mol. The van der Waals surface area contributed by atoms with Crippen molar-refractivity contribution >= 4 is 30.0 Å². The van der Waals surface area contributed by atoms with Gasteiger partial charge in [0.15, 0.2) is 0 Å². The maximum atomic E-state index is 12.5. The summed E-state index contributed by atoms with van der Waals surface area (Å²) in [6, 6.07) is 3.31. The van der Waals surface area contributed by atoms with E-state index in [1.165, 1.54) is 12.1 Å². The van der Waals surface area contributed by atoms with Crippen LogP contribution in [0.4, 0.5) is 0 Å². The van der Waals surface area contributed by atoms with Crippen LogP contribution < -0.4 is 0 Å². The minimum atomic E-state index is -1.41. The molecule has 0 fully saturated rings. The highest BCUT2D eigenvalue weighted by Crippen LogP contribution is 2.21. The summed E-state index contributed by atoms with van der Waals surface area (Å²) in [6.45, 7) is 9.68. The number of benzene rings is 1. The first kappa shape index (κ1) is 22.9. The van der Waals surface area contributed by atoms with Crippen LogP contribution in [0.2, 0.25) is 0 Å². The zero-order valence-corrected chi connectivity index (χ0v) is 16.7. The van der Waals surface area contributed by atoms with Gasteiger partial charge in [0, 0.05) is 0 Å². The van der Waals surface area contributed by atoms with Crippen LogP contribution in [0, 0.1) is 0 Å². The van der Waals surface area contributed by atoms with Gasteiger partial charge in [-0.1, -0.05) is 6.07 Å². The van der Waals surface area contributed by atoms with Crippen molar-refractivity contribution in [1.82, 2.24) is 0 Å². The van der Waals surface area contributed by atoms with Gasteiger partial charge >= 0.3 is 23.9 Å². The van der Waals surface area contributed by atoms with Crippen molar-refractivity contribution in [3.63, 3.8) is 0 Å². The largest absolute Gasteiger partial charge is 0.478 e. The van der Waals surface area contributed by atoms with Gasteiger partial charge < -0.3 is 19.7 Å². The van der Waals surface area contributed by atoms with Gasteiger partial charge in [-0.15, -0.1) is 0 Å². The van der Waals surface area contributed by atoms with Gasteiger partial charge in [0.25, 0.3) is 0 Å². The molecule has 0 aliphatic heterocycles. The lowest BCUT2D eigenvalue weighted by molar-refractivity contribution is -0.158. The van der Waals surface area contributed by atoms with E-state index >= 15 is 0 Å². The molecule has 0 unspecified atom stereocenters. The Balaban J connectivity index is 3.54. The number of carbonyl (C=O) groups is 4. The highest BCUT2D eigenvalue weighted by Gasteiger charge is 2.29. The number of carbonyl (C=O) groups excluding carboxylic acids is 2. The van der Waals surface area contributed by atoms with Crippen molar-refractivity contribution in [1.29, 1.82) is 0 Å². The summed E-state index contributed by atoms with van der Waals surface area (Å²) in [5.74, 6) is -4.69. The maximum absolute atomic E-state index is 12.5. The van der Waals surface area contributed by atoms with Gasteiger partial charge in [0.2, 0.25) is 0 Å². The topological polar surface area (TPSA) is 127 Å². The normalized spacial score (nSPS) is 11.4. The van der Waals surface area contributed by atoms with Crippen molar-refractivity contribution in [2.75, 3.05) is 0 Å². The summed E-state index contributed by atoms with van der Waals surface area (Å²) in [6.07, 6.45) is 1.03. The van der Waals surface area contributed by atoms with Gasteiger partial charge in [0.05, 0.1) is 11.1 Å². The highest BCUT2D eigenvalue weighted by molar-refractivity contribution is 6.18. The third-order valence-electron chi connectivity index (χ3n) is 3.07. The third kappa shape index (κ3) is 6.86. The Kier molecular flexibility index (Phi) is 6.74. The molecule has 0 saturated carbocycles. The molecule has 0 heterocycles. The molecule has 1 aromatic rings. The predicted octanol–water partition coefficient (Wildman–Crippen LogP) is 3.15. The van der Waals surface area contributed by atoms with Crippen LogP contribution in [-0.4, -0.2) is 45.3 Å². The molecule has 1 aromatic carbocycles. The van der Waals surface area contributed by atoms with Crippen molar-refractivity contribution in [3.8, 4) is 0 Å². The first-order valence-electron chi connectivity index (χ1n) is 8.40. The third-order valence-corrected chi connectivity index (χ3v) is 3.07. The van der Waals surface area contributed by atoms with E-state index in [2.05, 4.69) is 0 Å². The Hall–Kier alpha value is -3.16. The average Bonchev–Trinajstić information content (AvgIpc) is 2.48. The van der Waals surface area contributed by atoms with E-state index in [0.717, 1.165) is 12.1 Å². The number of hydrogen-bond donors (Lipinski definition) is 2. The molecule has 0 aromatic heterocycles. The summed E-state index contributed by atoms with van der Waals surface area (Å²) < 4.78 is 10.4. The van der Waals surface area contributed by atoms with Crippen LogP contribution in [-0.2, 0) is 19.1 Å². The maximum Gasteiger partial charge on any atom is 0.346 e. The summed E-state index contributed by atoms with van der Waals surface area (Å²) in [5, 5.41) is 18.4. The lowest BCUT2D eigenvalue weighted by Crippen LogP contribution is -2.31. The van der Waals surface area contributed by atoms with E-state index in [4.69, 9.17) is 14.6 Å². The van der Waals surface area contributed by atoms with Gasteiger partial charge in [-0.3, -0.25) is 0 Å². The fourth-order valence-corrected chi connectivity index (χ4v) is 2.02. The summed E-state index contributed by atoms with van der Waals surface area (Å²) in [7, 11) is 0. The van der Waals surface area contributed by atoms with Crippen molar-refractivity contribution < 1.29 is 38.9 Å². The molecule has 1 rings (SSSR count). The van der Waals surface area contributed by atoms with Gasteiger partial charge in [0.1, 0.15) is 16.8 Å². The molecule has 0 aliphatic rings. The van der Waals surface area contributed by atoms with Crippen LogP contribution in [0.1, 0.15) is 67.8 Å². The first-order valence-corrected chi connectivity index (χ1v) is 8.40. The molecule has 0 bridgehead atoms. The van der Waals surface area contributed by atoms with E-state index < -0.39 is 40.7 Å². The van der Waals surface area contributed by atoms with Gasteiger partial charge in [-0.2, -0.15) is 0 Å². The fraction of sp³-hybridized carbons (Fsp3) is 0.400. The molecular formula is C20H24O8. The number of aromatic carboxylic acids is 2. The SMILES string of the molecule is CC(C)(C)OC(=O)C(=Cc1ccc(C(=O)O)cc1C(=O)O)C(=O)OC(C)(C)C. The quantitative estimate of drug-likeness (QED) is 0.339. The van der Waals surface area contributed by atoms with Crippen LogP contribution in [0.25, 0.3) is 6.08 Å². The lowest BCUT2D eigenvalue weighted by Gasteiger charge is -2.23. The molecule has 0 amide bonds. The van der Waals surface area contributed by atoms with Crippen molar-refractivity contribution in [2.45, 2.75) is 52.7 Å². The van der Waals surface area contributed by atoms with Crippen molar-refractivity contribution in [3.05, 3.63) is 40.5 Å². The van der Waals surface area contributed by atoms with Gasteiger partial charge in [-0.05, 0) is 65.3 Å². The zero-order chi connectivity index (χ0) is 21.9.